The zero-order chi connectivity index (χ0) is 15.8. The van der Waals surface area contributed by atoms with Crippen molar-refractivity contribution in [1.29, 1.82) is 0 Å². The fraction of sp³-hybridized carbons (Fsp3) is 0.471. The van der Waals surface area contributed by atoms with Gasteiger partial charge in [0, 0.05) is 30.0 Å². The quantitative estimate of drug-likeness (QED) is 0.850. The van der Waals surface area contributed by atoms with Crippen LogP contribution in [0.15, 0.2) is 18.2 Å². The highest BCUT2D eigenvalue weighted by Gasteiger charge is 2.20. The number of thioether (sulfide) groups is 1. The lowest BCUT2D eigenvalue weighted by atomic mass is 10.0. The molecule has 0 aliphatic rings. The average molecular weight is 305 g/mol. The normalized spacial score (nSPS) is 11.5. The molecule has 4 heteroatoms. The molecule has 0 aromatic heterocycles. The first kappa shape index (κ1) is 17.6. The van der Waals surface area contributed by atoms with E-state index in [4.69, 9.17) is 5.11 Å². The Labute approximate surface area is 131 Å². The van der Waals surface area contributed by atoms with Gasteiger partial charge in [0.15, 0.2) is 0 Å². The van der Waals surface area contributed by atoms with Crippen LogP contribution in [0.4, 0.5) is 0 Å². The minimum absolute atomic E-state index is 0.0287. The van der Waals surface area contributed by atoms with Gasteiger partial charge in [-0.3, -0.25) is 4.79 Å². The maximum atomic E-state index is 12.7. The van der Waals surface area contributed by atoms with Crippen molar-refractivity contribution in [2.45, 2.75) is 26.3 Å². The molecule has 21 heavy (non-hydrogen) atoms. The van der Waals surface area contributed by atoms with E-state index >= 15 is 0 Å². The molecule has 1 N–H and O–H groups in total. The molecule has 3 nitrogen and oxygen atoms in total. The molecule has 114 valence electrons. The van der Waals surface area contributed by atoms with Crippen molar-refractivity contribution in [1.82, 2.24) is 4.90 Å². The number of benzene rings is 1. The van der Waals surface area contributed by atoms with Gasteiger partial charge in [-0.05, 0) is 37.3 Å². The van der Waals surface area contributed by atoms with Crippen molar-refractivity contribution in [3.8, 4) is 11.8 Å². The third-order valence-corrected chi connectivity index (χ3v) is 4.20. The van der Waals surface area contributed by atoms with Crippen molar-refractivity contribution in [3.63, 3.8) is 0 Å². The Kier molecular flexibility index (Phi) is 7.35. The first-order valence-electron chi connectivity index (χ1n) is 7.01. The first-order valence-corrected chi connectivity index (χ1v) is 8.41. The second-order valence-electron chi connectivity index (χ2n) is 4.92. The van der Waals surface area contributed by atoms with Crippen LogP contribution in [-0.2, 0) is 0 Å². The Morgan fingerprint density at radius 3 is 2.76 bits per heavy atom. The molecule has 0 heterocycles. The number of hydrogen-bond acceptors (Lipinski definition) is 3. The van der Waals surface area contributed by atoms with Gasteiger partial charge in [-0.2, -0.15) is 11.8 Å². The predicted molar refractivity (Wildman–Crippen MR) is 89.7 cm³/mol. The van der Waals surface area contributed by atoms with E-state index in [0.717, 1.165) is 23.3 Å². The summed E-state index contributed by atoms with van der Waals surface area (Å²) < 4.78 is 0. The van der Waals surface area contributed by atoms with E-state index in [-0.39, 0.29) is 18.6 Å². The molecule has 1 rings (SSSR count). The van der Waals surface area contributed by atoms with Crippen LogP contribution in [0.25, 0.3) is 0 Å². The van der Waals surface area contributed by atoms with E-state index in [1.165, 1.54) is 0 Å². The molecule has 1 unspecified atom stereocenters. The monoisotopic (exact) mass is 305 g/mol. The number of hydrogen-bond donors (Lipinski definition) is 1. The molecule has 0 fully saturated rings. The summed E-state index contributed by atoms with van der Waals surface area (Å²) in [4.78, 5) is 14.5. The molecule has 0 saturated carbocycles. The van der Waals surface area contributed by atoms with Gasteiger partial charge in [0.1, 0.15) is 6.61 Å². The molecular weight excluding hydrogens is 282 g/mol. The summed E-state index contributed by atoms with van der Waals surface area (Å²) in [5, 5.41) is 8.76. The SMILES string of the molecule is CCC(CSC)N(C)C(=O)c1cc(C#CCO)ccc1C. The van der Waals surface area contributed by atoms with Gasteiger partial charge in [-0.25, -0.2) is 0 Å². The summed E-state index contributed by atoms with van der Waals surface area (Å²) in [6, 6.07) is 5.81. The van der Waals surface area contributed by atoms with Gasteiger partial charge in [-0.1, -0.05) is 24.8 Å². The average Bonchev–Trinajstić information content (AvgIpc) is 2.50. The zero-order valence-electron chi connectivity index (χ0n) is 13.1. The van der Waals surface area contributed by atoms with Gasteiger partial charge in [0.05, 0.1) is 0 Å². The van der Waals surface area contributed by atoms with E-state index in [2.05, 4.69) is 25.0 Å². The number of amides is 1. The van der Waals surface area contributed by atoms with Gasteiger partial charge >= 0.3 is 0 Å². The Morgan fingerprint density at radius 1 is 1.48 bits per heavy atom. The topological polar surface area (TPSA) is 40.5 Å². The summed E-state index contributed by atoms with van der Waals surface area (Å²) >= 11 is 1.75. The summed E-state index contributed by atoms with van der Waals surface area (Å²) in [5.41, 5.74) is 2.38. The lowest BCUT2D eigenvalue weighted by molar-refractivity contribution is 0.0743. The lowest BCUT2D eigenvalue weighted by Crippen LogP contribution is -2.38. The van der Waals surface area contributed by atoms with Gasteiger partial charge < -0.3 is 10.0 Å². The smallest absolute Gasteiger partial charge is 0.254 e. The lowest BCUT2D eigenvalue weighted by Gasteiger charge is -2.27. The molecule has 1 aromatic rings. The summed E-state index contributed by atoms with van der Waals surface area (Å²) in [5.74, 6) is 6.42. The van der Waals surface area contributed by atoms with Crippen molar-refractivity contribution < 1.29 is 9.90 Å². The molecule has 0 spiro atoms. The van der Waals surface area contributed by atoms with Crippen LogP contribution in [0.3, 0.4) is 0 Å². The minimum Gasteiger partial charge on any atom is -0.384 e. The highest BCUT2D eigenvalue weighted by atomic mass is 32.2. The maximum absolute atomic E-state index is 12.7. The molecule has 0 saturated heterocycles. The van der Waals surface area contributed by atoms with E-state index in [9.17, 15) is 4.79 Å². The Balaban J connectivity index is 3.05. The predicted octanol–water partition coefficient (Wildman–Crippen LogP) is 2.55. The fourth-order valence-electron chi connectivity index (χ4n) is 2.12. The first-order chi connectivity index (χ1) is 10.0. The van der Waals surface area contributed by atoms with Crippen LogP contribution in [-0.4, -0.2) is 47.6 Å². The van der Waals surface area contributed by atoms with Crippen LogP contribution in [0.5, 0.6) is 0 Å². The molecule has 0 bridgehead atoms. The number of aliphatic hydroxyl groups is 1. The van der Waals surface area contributed by atoms with Crippen LogP contribution in [0, 0.1) is 18.8 Å². The minimum atomic E-state index is -0.178. The van der Waals surface area contributed by atoms with Gasteiger partial charge in [0.25, 0.3) is 5.91 Å². The largest absolute Gasteiger partial charge is 0.384 e. The summed E-state index contributed by atoms with van der Waals surface area (Å²) in [6.07, 6.45) is 2.99. The molecular formula is C17H23NO2S. The third kappa shape index (κ3) is 4.80. The highest BCUT2D eigenvalue weighted by molar-refractivity contribution is 7.98. The van der Waals surface area contributed by atoms with Crippen molar-refractivity contribution in [2.75, 3.05) is 25.7 Å². The van der Waals surface area contributed by atoms with E-state index in [1.807, 2.05) is 37.1 Å². The number of rotatable bonds is 5. The zero-order valence-corrected chi connectivity index (χ0v) is 14.0. The van der Waals surface area contributed by atoms with Gasteiger partial charge in [-0.15, -0.1) is 0 Å². The molecule has 0 aliphatic carbocycles. The van der Waals surface area contributed by atoms with Crippen molar-refractivity contribution in [2.24, 2.45) is 0 Å². The number of aryl methyl sites for hydroxylation is 1. The molecule has 0 aliphatic heterocycles. The number of carbonyl (C=O) groups excluding carboxylic acids is 1. The Morgan fingerprint density at radius 2 is 2.19 bits per heavy atom. The summed E-state index contributed by atoms with van der Waals surface area (Å²) in [6.45, 7) is 3.85. The standard InChI is InChI=1S/C17H23NO2S/c1-5-15(12-21-4)18(3)17(20)16-11-14(7-6-10-19)9-8-13(16)2/h8-9,11,15,19H,5,10,12H2,1-4H3. The number of carbonyl (C=O) groups is 1. The van der Waals surface area contributed by atoms with E-state index in [0.29, 0.717) is 5.56 Å². The third-order valence-electron chi connectivity index (χ3n) is 3.48. The highest BCUT2D eigenvalue weighted by Crippen LogP contribution is 2.17. The second kappa shape index (κ2) is 8.76. The second-order valence-corrected chi connectivity index (χ2v) is 5.83. The van der Waals surface area contributed by atoms with Crippen molar-refractivity contribution >= 4 is 17.7 Å². The molecule has 1 aromatic carbocycles. The number of aliphatic hydroxyl groups excluding tert-OH is 1. The van der Waals surface area contributed by atoms with Crippen molar-refractivity contribution in [3.05, 3.63) is 34.9 Å². The van der Waals surface area contributed by atoms with Gasteiger partial charge in [0.2, 0.25) is 0 Å². The fourth-order valence-corrected chi connectivity index (χ4v) is 2.97. The molecule has 0 radical (unpaired) electrons. The Hall–Kier alpha value is -1.44. The van der Waals surface area contributed by atoms with E-state index < -0.39 is 0 Å². The Bertz CT molecular complexity index is 545. The van der Waals surface area contributed by atoms with Crippen LogP contribution in [0.2, 0.25) is 0 Å². The van der Waals surface area contributed by atoms with Crippen LogP contribution >= 0.6 is 11.8 Å². The van der Waals surface area contributed by atoms with Crippen LogP contribution < -0.4 is 0 Å². The maximum Gasteiger partial charge on any atom is 0.254 e. The summed E-state index contributed by atoms with van der Waals surface area (Å²) in [7, 11) is 1.86. The number of nitrogens with zero attached hydrogens (tertiary/aromatic N) is 1. The van der Waals surface area contributed by atoms with Crippen LogP contribution in [0.1, 0.15) is 34.8 Å². The van der Waals surface area contributed by atoms with E-state index in [1.54, 1.807) is 11.8 Å². The molecule has 1 amide bonds. The molecule has 1 atom stereocenters.